The minimum absolute atomic E-state index is 0.0593. The van der Waals surface area contributed by atoms with Crippen molar-refractivity contribution in [3.63, 3.8) is 0 Å². The van der Waals surface area contributed by atoms with Gasteiger partial charge in [0, 0.05) is 33.8 Å². The summed E-state index contributed by atoms with van der Waals surface area (Å²) in [7, 11) is -3.27. The highest BCUT2D eigenvalue weighted by Gasteiger charge is 2.66. The molecule has 3 heterocycles. The summed E-state index contributed by atoms with van der Waals surface area (Å²) >= 11 is 3.56. The second-order valence-electron chi connectivity index (χ2n) is 11.5. The number of para-hydroxylation sites is 2. The number of carbonyl (C=O) groups excluding carboxylic acids is 2. The van der Waals surface area contributed by atoms with E-state index in [2.05, 4.69) is 15.9 Å². The van der Waals surface area contributed by atoms with Crippen molar-refractivity contribution < 1.29 is 28.3 Å². The molecule has 7 nitrogen and oxygen atoms in total. The maximum Gasteiger partial charge on any atom is 0.269 e. The molecular weight excluding hydrogens is 607 g/mol. The summed E-state index contributed by atoms with van der Waals surface area (Å²) in [6.45, 7) is 5.24. The summed E-state index contributed by atoms with van der Waals surface area (Å²) < 4.78 is 28.7. The van der Waals surface area contributed by atoms with Gasteiger partial charge in [0.05, 0.1) is 24.0 Å². The molecule has 3 aromatic carbocycles. The molecule has 0 bridgehead atoms. The third kappa shape index (κ3) is 4.52. The van der Waals surface area contributed by atoms with Gasteiger partial charge < -0.3 is 23.6 Å². The predicted octanol–water partition coefficient (Wildman–Crippen LogP) is 6.21. The van der Waals surface area contributed by atoms with Gasteiger partial charge in [0.2, 0.25) is 8.41 Å². The molecule has 1 saturated heterocycles. The average Bonchev–Trinajstić information content (AvgIpc) is 3.35. The maximum absolute atomic E-state index is 15.7. The lowest BCUT2D eigenvalue weighted by Crippen LogP contribution is -2.45. The molecule has 1 fully saturated rings. The average molecular weight is 640 g/mol. The lowest BCUT2D eigenvalue weighted by Gasteiger charge is -2.31. The van der Waals surface area contributed by atoms with Crippen LogP contribution in [0.25, 0.3) is 0 Å². The number of benzene rings is 3. The van der Waals surface area contributed by atoms with Crippen molar-refractivity contribution in [2.75, 3.05) is 23.0 Å². The van der Waals surface area contributed by atoms with Crippen molar-refractivity contribution in [1.29, 1.82) is 0 Å². The van der Waals surface area contributed by atoms with E-state index in [1.807, 2.05) is 73.7 Å². The van der Waals surface area contributed by atoms with Gasteiger partial charge >= 0.3 is 0 Å². The molecule has 3 aliphatic rings. The Morgan fingerprint density at radius 2 is 1.85 bits per heavy atom. The predicted molar refractivity (Wildman–Crippen MR) is 161 cm³/mol. The van der Waals surface area contributed by atoms with Crippen molar-refractivity contribution in [2.24, 2.45) is 5.92 Å². The first-order valence-corrected chi connectivity index (χ1v) is 17.5. The van der Waals surface area contributed by atoms with Crippen LogP contribution in [-0.4, -0.2) is 44.6 Å². The van der Waals surface area contributed by atoms with Crippen LogP contribution in [0.3, 0.4) is 0 Å². The van der Waals surface area contributed by atoms with E-state index >= 15 is 4.11 Å². The highest BCUT2D eigenvalue weighted by atomic mass is 79.9. The van der Waals surface area contributed by atoms with E-state index in [9.17, 15) is 14.7 Å². The van der Waals surface area contributed by atoms with Gasteiger partial charge in [-0.15, -0.1) is 0 Å². The third-order valence-corrected chi connectivity index (χ3v) is 11.5. The summed E-state index contributed by atoms with van der Waals surface area (Å²) in [6.07, 6.45) is -0.293. The Balaban J connectivity index is 1.39. The molecule has 0 aromatic heterocycles. The first-order chi connectivity index (χ1) is 19.6. The third-order valence-electron chi connectivity index (χ3n) is 8.55. The summed E-state index contributed by atoms with van der Waals surface area (Å²) in [6, 6.07) is 20.6. The topological polar surface area (TPSA) is 79.3 Å². The Bertz CT molecular complexity index is 1530. The molecule has 3 aliphatic heterocycles. The Labute approximate surface area is 248 Å². The molecule has 0 radical (unpaired) electrons. The molecule has 0 saturated carbocycles. The van der Waals surface area contributed by atoms with Crippen molar-refractivity contribution in [3.05, 3.63) is 82.3 Å². The van der Waals surface area contributed by atoms with E-state index in [0.717, 1.165) is 10.0 Å². The van der Waals surface area contributed by atoms with Crippen LogP contribution in [0.5, 0.6) is 5.75 Å². The van der Waals surface area contributed by atoms with E-state index in [1.165, 1.54) is 0 Å². The maximum atomic E-state index is 15.7. The normalized spacial score (nSPS) is 25.5. The number of nitrogens with zero attached hydrogens (tertiary/aromatic N) is 2. The molecule has 0 unspecified atom stereocenters. The fourth-order valence-corrected chi connectivity index (χ4v) is 9.84. The molecule has 214 valence electrons. The number of hydrogen-bond acceptors (Lipinski definition) is 5. The number of aliphatic hydroxyl groups excluding tert-OH is 1. The standard InChI is InChI=1S/C31H32BrFN2O5Si/c1-19-29(41(2,3)33)27(13-14-36)40-31(19)23-16-21(32)11-12-24(23)34(30(31)38)17-20-7-6-8-22(15-20)35-25-9-4-5-10-26(25)39-18-28(35)37/h4-12,15-16,19,27,29,36H,13-14,17-18H2,1-3H3/t19-,27+,29-,31+/m1/s1. The van der Waals surface area contributed by atoms with Crippen LogP contribution in [0.2, 0.25) is 18.6 Å². The van der Waals surface area contributed by atoms with Crippen LogP contribution in [0.1, 0.15) is 24.5 Å². The molecule has 0 aliphatic carbocycles. The lowest BCUT2D eigenvalue weighted by atomic mass is 9.82. The Morgan fingerprint density at radius 1 is 1.07 bits per heavy atom. The van der Waals surface area contributed by atoms with E-state index in [1.54, 1.807) is 22.9 Å². The minimum atomic E-state index is -3.27. The Morgan fingerprint density at radius 3 is 2.61 bits per heavy atom. The van der Waals surface area contributed by atoms with Gasteiger partial charge in [-0.25, -0.2) is 0 Å². The van der Waals surface area contributed by atoms with E-state index in [-0.39, 0.29) is 38.0 Å². The molecule has 1 spiro atoms. The van der Waals surface area contributed by atoms with Crippen LogP contribution in [0.15, 0.2) is 71.2 Å². The smallest absolute Gasteiger partial charge is 0.269 e. The minimum Gasteiger partial charge on any atom is -0.482 e. The highest BCUT2D eigenvalue weighted by Crippen LogP contribution is 2.60. The number of amides is 2. The van der Waals surface area contributed by atoms with Crippen molar-refractivity contribution in [3.8, 4) is 5.75 Å². The summed E-state index contributed by atoms with van der Waals surface area (Å²) in [4.78, 5) is 30.8. The number of carbonyl (C=O) groups is 2. The molecular formula is C31H32BrFN2O5Si. The number of hydrogen-bond donors (Lipinski definition) is 1. The van der Waals surface area contributed by atoms with Crippen molar-refractivity contribution in [1.82, 2.24) is 0 Å². The summed E-state index contributed by atoms with van der Waals surface area (Å²) in [5.74, 6) is -0.211. The van der Waals surface area contributed by atoms with E-state index in [0.29, 0.717) is 28.4 Å². The molecule has 6 rings (SSSR count). The Kier molecular flexibility index (Phi) is 7.08. The van der Waals surface area contributed by atoms with Gasteiger partial charge in [0.15, 0.2) is 12.2 Å². The highest BCUT2D eigenvalue weighted by molar-refractivity contribution is 9.10. The molecule has 1 N–H and O–H groups in total. The zero-order valence-corrected chi connectivity index (χ0v) is 25.7. The monoisotopic (exact) mass is 638 g/mol. The number of anilines is 3. The number of fused-ring (bicyclic) bond motifs is 3. The zero-order chi connectivity index (χ0) is 29.1. The van der Waals surface area contributed by atoms with Crippen molar-refractivity contribution in [2.45, 2.75) is 50.2 Å². The fourth-order valence-electron chi connectivity index (χ4n) is 6.94. The van der Waals surface area contributed by atoms with Gasteiger partial charge in [-0.3, -0.25) is 14.5 Å². The Hall–Kier alpha value is -3.05. The lowest BCUT2D eigenvalue weighted by molar-refractivity contribution is -0.146. The quantitative estimate of drug-likeness (QED) is 0.257. The van der Waals surface area contributed by atoms with Gasteiger partial charge in [0.1, 0.15) is 5.75 Å². The number of ether oxygens (including phenoxy) is 2. The second-order valence-corrected chi connectivity index (χ2v) is 16.2. The molecule has 3 aromatic rings. The van der Waals surface area contributed by atoms with Crippen molar-refractivity contribution >= 4 is 53.2 Å². The number of rotatable bonds is 6. The largest absolute Gasteiger partial charge is 0.482 e. The van der Waals surface area contributed by atoms with Crippen LogP contribution < -0.4 is 14.5 Å². The van der Waals surface area contributed by atoms with Crippen LogP contribution in [0.4, 0.5) is 21.2 Å². The van der Waals surface area contributed by atoms with Crippen LogP contribution in [0, 0.1) is 5.92 Å². The number of aliphatic hydroxyl groups is 1. The zero-order valence-electron chi connectivity index (χ0n) is 23.1. The van der Waals surface area contributed by atoms with E-state index < -0.39 is 31.6 Å². The van der Waals surface area contributed by atoms with E-state index in [4.69, 9.17) is 9.47 Å². The molecule has 2 amide bonds. The van der Waals surface area contributed by atoms with Gasteiger partial charge in [-0.05, 0) is 67.5 Å². The molecule has 41 heavy (non-hydrogen) atoms. The summed E-state index contributed by atoms with van der Waals surface area (Å²) in [5, 5.41) is 9.77. The first kappa shape index (κ1) is 28.1. The molecule has 10 heteroatoms. The van der Waals surface area contributed by atoms with Crippen LogP contribution >= 0.6 is 15.9 Å². The molecule has 4 atom stereocenters. The SMILES string of the molecule is C[C@@H]1[C@@H]([Si](C)(C)F)[C@H](CCO)O[C@@]12C(=O)N(Cc1cccc(N3C(=O)COc4ccccc43)c1)c1ccc(Br)cc12. The fraction of sp³-hybridized carbons (Fsp3) is 0.355. The van der Waals surface area contributed by atoms with Crippen LogP contribution in [-0.2, 0) is 26.5 Å². The van der Waals surface area contributed by atoms with Gasteiger partial charge in [-0.1, -0.05) is 47.1 Å². The van der Waals surface area contributed by atoms with Gasteiger partial charge in [-0.2, -0.15) is 0 Å². The number of halogens is 2. The summed E-state index contributed by atoms with van der Waals surface area (Å²) in [5.41, 5.74) is 1.79. The van der Waals surface area contributed by atoms with Gasteiger partial charge in [0.25, 0.3) is 11.8 Å². The first-order valence-electron chi connectivity index (χ1n) is 13.8. The second kappa shape index (κ2) is 10.3.